The number of aryl methyl sites for hydroxylation is 1. The summed E-state index contributed by atoms with van der Waals surface area (Å²) in [4.78, 5) is 13.0. The van der Waals surface area contributed by atoms with Crippen molar-refractivity contribution in [3.63, 3.8) is 0 Å². The minimum absolute atomic E-state index is 0.226. The van der Waals surface area contributed by atoms with E-state index in [-0.39, 0.29) is 11.5 Å². The van der Waals surface area contributed by atoms with Gasteiger partial charge in [-0.25, -0.2) is 9.98 Å². The average Bonchev–Trinajstić information content (AvgIpc) is 3.00. The first-order valence-corrected chi connectivity index (χ1v) is 8.18. The molecular weight excluding hydrogens is 320 g/mol. The molecule has 1 aromatic carbocycles. The maximum absolute atomic E-state index is 5.73. The second-order valence-electron chi connectivity index (χ2n) is 6.40. The summed E-state index contributed by atoms with van der Waals surface area (Å²) >= 11 is 0. The number of amidine groups is 1. The molecule has 2 aromatic rings. The van der Waals surface area contributed by atoms with Crippen molar-refractivity contribution >= 4 is 6.02 Å². The highest BCUT2D eigenvalue weighted by atomic mass is 16.5. The second kappa shape index (κ2) is 5.91. The van der Waals surface area contributed by atoms with E-state index >= 15 is 0 Å². The number of nitrogens with two attached hydrogens (primary N) is 1. The number of ether oxygens (including phenoxy) is 3. The Kier molecular flexibility index (Phi) is 3.71. The van der Waals surface area contributed by atoms with Gasteiger partial charge in [0, 0.05) is 12.6 Å². The number of benzene rings is 1. The smallest absolute Gasteiger partial charge is 0.319 e. The summed E-state index contributed by atoms with van der Waals surface area (Å²) in [5.74, 6) is 0.490. The molecule has 2 aliphatic rings. The van der Waals surface area contributed by atoms with Crippen LogP contribution in [0, 0.1) is 0 Å². The molecule has 1 aliphatic carbocycles. The summed E-state index contributed by atoms with van der Waals surface area (Å²) in [7, 11) is 3.12. The lowest BCUT2D eigenvalue weighted by atomic mass is 9.78. The Balaban J connectivity index is 1.71. The fraction of sp³-hybridized carbons (Fsp3) is 0.389. The minimum Gasteiger partial charge on any atom is -0.480 e. The Morgan fingerprint density at radius 2 is 2.08 bits per heavy atom. The number of hydrogen-bond acceptors (Lipinski definition) is 7. The van der Waals surface area contributed by atoms with Gasteiger partial charge >= 0.3 is 6.01 Å². The molecule has 1 aromatic heterocycles. The van der Waals surface area contributed by atoms with Crippen LogP contribution in [-0.2, 0) is 17.6 Å². The lowest BCUT2D eigenvalue weighted by molar-refractivity contribution is 0.235. The average molecular weight is 340 g/mol. The Morgan fingerprint density at radius 1 is 1.20 bits per heavy atom. The van der Waals surface area contributed by atoms with Crippen molar-refractivity contribution in [1.29, 1.82) is 0 Å². The van der Waals surface area contributed by atoms with E-state index in [9.17, 15) is 0 Å². The van der Waals surface area contributed by atoms with Crippen molar-refractivity contribution in [3.05, 3.63) is 35.5 Å². The summed E-state index contributed by atoms with van der Waals surface area (Å²) in [5, 5.41) is 0. The van der Waals surface area contributed by atoms with Gasteiger partial charge in [-0.05, 0) is 29.5 Å². The van der Waals surface area contributed by atoms with E-state index in [1.54, 1.807) is 13.3 Å². The van der Waals surface area contributed by atoms with Crippen LogP contribution >= 0.6 is 0 Å². The summed E-state index contributed by atoms with van der Waals surface area (Å²) in [6, 6.07) is 6.97. The number of rotatable bonds is 3. The van der Waals surface area contributed by atoms with Crippen molar-refractivity contribution in [2.24, 2.45) is 10.7 Å². The van der Waals surface area contributed by atoms with Crippen molar-refractivity contribution in [2.75, 3.05) is 20.8 Å². The molecule has 7 heteroatoms. The molecule has 0 saturated heterocycles. The molecule has 130 valence electrons. The lowest BCUT2D eigenvalue weighted by Crippen LogP contribution is -2.35. The van der Waals surface area contributed by atoms with Gasteiger partial charge in [0.05, 0.1) is 19.8 Å². The predicted octanol–water partition coefficient (Wildman–Crippen LogP) is 1.73. The van der Waals surface area contributed by atoms with Crippen LogP contribution in [0.4, 0.5) is 0 Å². The van der Waals surface area contributed by atoms with Crippen molar-refractivity contribution in [2.45, 2.75) is 24.8 Å². The third-order valence-electron chi connectivity index (χ3n) is 4.84. The van der Waals surface area contributed by atoms with Gasteiger partial charge in [-0.2, -0.15) is 4.98 Å². The van der Waals surface area contributed by atoms with Crippen molar-refractivity contribution in [1.82, 2.24) is 9.97 Å². The van der Waals surface area contributed by atoms with Crippen LogP contribution in [0.15, 0.2) is 29.4 Å². The van der Waals surface area contributed by atoms with E-state index in [2.05, 4.69) is 33.2 Å². The van der Waals surface area contributed by atoms with E-state index in [0.29, 0.717) is 18.5 Å². The molecule has 2 heterocycles. The van der Waals surface area contributed by atoms with Crippen LogP contribution in [0.5, 0.6) is 11.9 Å². The largest absolute Gasteiger partial charge is 0.480 e. The van der Waals surface area contributed by atoms with Crippen LogP contribution in [0.2, 0.25) is 0 Å². The number of methoxy groups -OCH3 is 2. The fourth-order valence-corrected chi connectivity index (χ4v) is 3.54. The molecular formula is C18H20N4O3. The molecule has 0 saturated carbocycles. The van der Waals surface area contributed by atoms with Crippen LogP contribution in [-0.4, -0.2) is 42.4 Å². The number of aromatic nitrogens is 2. The highest BCUT2D eigenvalue weighted by Crippen LogP contribution is 2.37. The van der Waals surface area contributed by atoms with Crippen LogP contribution in [0.1, 0.15) is 17.5 Å². The first-order chi connectivity index (χ1) is 12.1. The molecule has 0 bridgehead atoms. The van der Waals surface area contributed by atoms with Gasteiger partial charge in [0.25, 0.3) is 6.02 Å². The number of hydrogen-bond donors (Lipinski definition) is 1. The molecule has 1 unspecified atom stereocenters. The molecule has 25 heavy (non-hydrogen) atoms. The molecule has 2 N–H and O–H groups in total. The monoisotopic (exact) mass is 340 g/mol. The van der Waals surface area contributed by atoms with Gasteiger partial charge in [0.15, 0.2) is 0 Å². The Hall–Kier alpha value is -2.83. The zero-order valence-electron chi connectivity index (χ0n) is 14.3. The normalized spacial score (nSPS) is 21.4. The van der Waals surface area contributed by atoms with Crippen LogP contribution in [0.25, 0.3) is 11.1 Å². The van der Waals surface area contributed by atoms with Gasteiger partial charge in [-0.3, -0.25) is 0 Å². The standard InChI is InChI=1S/C18H20N4O3/c1-23-15-14(9-20-17(21-15)24-2)12-4-3-11-5-6-18(8-13(11)7-12)10-25-16(19)22-18/h3-4,7,9H,5-6,8,10H2,1-2H3,(H2,19,22). The van der Waals surface area contributed by atoms with E-state index in [1.165, 1.54) is 18.2 Å². The van der Waals surface area contributed by atoms with Crippen LogP contribution < -0.4 is 15.2 Å². The molecule has 0 fully saturated rings. The van der Waals surface area contributed by atoms with Crippen molar-refractivity contribution < 1.29 is 14.2 Å². The highest BCUT2D eigenvalue weighted by molar-refractivity contribution is 5.74. The molecule has 7 nitrogen and oxygen atoms in total. The van der Waals surface area contributed by atoms with E-state index < -0.39 is 0 Å². The molecule has 4 rings (SSSR count). The number of fused-ring (bicyclic) bond motifs is 1. The Morgan fingerprint density at radius 3 is 2.80 bits per heavy atom. The molecule has 0 radical (unpaired) electrons. The zero-order chi connectivity index (χ0) is 17.4. The van der Waals surface area contributed by atoms with Crippen molar-refractivity contribution in [3.8, 4) is 23.0 Å². The number of aliphatic imine (C=N–C) groups is 1. The van der Waals surface area contributed by atoms with Gasteiger partial charge in [0.1, 0.15) is 12.1 Å². The fourth-order valence-electron chi connectivity index (χ4n) is 3.54. The Labute approximate surface area is 145 Å². The van der Waals surface area contributed by atoms with Crippen LogP contribution in [0.3, 0.4) is 0 Å². The summed E-state index contributed by atoms with van der Waals surface area (Å²) in [6.45, 7) is 0.553. The molecule has 1 spiro atoms. The molecule has 1 atom stereocenters. The van der Waals surface area contributed by atoms with Gasteiger partial charge < -0.3 is 19.9 Å². The third-order valence-corrected chi connectivity index (χ3v) is 4.84. The first-order valence-electron chi connectivity index (χ1n) is 8.18. The quantitative estimate of drug-likeness (QED) is 0.915. The van der Waals surface area contributed by atoms with Gasteiger partial charge in [-0.1, -0.05) is 18.2 Å². The third kappa shape index (κ3) is 2.75. The number of nitrogens with zero attached hydrogens (tertiary/aromatic N) is 3. The summed E-state index contributed by atoms with van der Waals surface area (Å²) < 4.78 is 15.9. The maximum Gasteiger partial charge on any atom is 0.319 e. The van der Waals surface area contributed by atoms with E-state index in [4.69, 9.17) is 19.9 Å². The second-order valence-corrected chi connectivity index (χ2v) is 6.40. The summed E-state index contributed by atoms with van der Waals surface area (Å²) in [6.07, 6.45) is 4.46. The summed E-state index contributed by atoms with van der Waals surface area (Å²) in [5.41, 5.74) is 9.93. The SMILES string of the molecule is COc1ncc(-c2ccc3c(c2)CC2(CC3)COC(N)=N2)c(OC)n1. The lowest BCUT2D eigenvalue weighted by Gasteiger charge is -2.30. The van der Waals surface area contributed by atoms with E-state index in [1.807, 2.05) is 0 Å². The van der Waals surface area contributed by atoms with Gasteiger partial charge in [-0.15, -0.1) is 0 Å². The topological polar surface area (TPSA) is 91.9 Å². The highest BCUT2D eigenvalue weighted by Gasteiger charge is 2.39. The Bertz CT molecular complexity index is 852. The molecule has 0 amide bonds. The first kappa shape index (κ1) is 15.7. The maximum atomic E-state index is 5.73. The minimum atomic E-state index is -0.226. The van der Waals surface area contributed by atoms with E-state index in [0.717, 1.165) is 30.4 Å². The van der Waals surface area contributed by atoms with Gasteiger partial charge in [0.2, 0.25) is 5.88 Å². The molecule has 1 aliphatic heterocycles. The predicted molar refractivity (Wildman–Crippen MR) is 92.9 cm³/mol. The zero-order valence-corrected chi connectivity index (χ0v) is 14.3.